The van der Waals surface area contributed by atoms with Gasteiger partial charge in [-0.15, -0.1) is 0 Å². The molecule has 1 unspecified atom stereocenters. The third-order valence-electron chi connectivity index (χ3n) is 1.85. The van der Waals surface area contributed by atoms with Gasteiger partial charge < -0.3 is 10.1 Å². The first kappa shape index (κ1) is 11.5. The highest BCUT2D eigenvalue weighted by Gasteiger charge is 2.03. The van der Waals surface area contributed by atoms with E-state index in [1.54, 1.807) is 13.3 Å². The fourth-order valence-electron chi connectivity index (χ4n) is 1.15. The van der Waals surface area contributed by atoms with Crippen molar-refractivity contribution < 1.29 is 4.74 Å². The Bertz CT molecular complexity index is 281. The summed E-state index contributed by atoms with van der Waals surface area (Å²) in [5.74, 6) is 0.493. The van der Waals surface area contributed by atoms with Crippen LogP contribution < -0.4 is 5.32 Å². The molecule has 1 aromatic heterocycles. The van der Waals surface area contributed by atoms with Crippen molar-refractivity contribution in [2.75, 3.05) is 25.6 Å². The highest BCUT2D eigenvalue weighted by molar-refractivity contribution is 9.10. The van der Waals surface area contributed by atoms with Gasteiger partial charge in [-0.05, 0) is 34.0 Å². The van der Waals surface area contributed by atoms with E-state index in [4.69, 9.17) is 4.74 Å². The van der Waals surface area contributed by atoms with Crippen molar-refractivity contribution in [3.63, 3.8) is 0 Å². The van der Waals surface area contributed by atoms with Crippen molar-refractivity contribution in [3.8, 4) is 0 Å². The van der Waals surface area contributed by atoms with Crippen LogP contribution in [0.25, 0.3) is 0 Å². The Kier molecular flexibility index (Phi) is 4.90. The minimum absolute atomic E-state index is 0.493. The zero-order chi connectivity index (χ0) is 10.4. The second kappa shape index (κ2) is 5.98. The van der Waals surface area contributed by atoms with Gasteiger partial charge in [-0.2, -0.15) is 0 Å². The predicted octanol–water partition coefficient (Wildman–Crippen LogP) is 2.54. The Morgan fingerprint density at radius 2 is 2.43 bits per heavy atom. The number of methoxy groups -OCH3 is 1. The number of pyridine rings is 1. The van der Waals surface area contributed by atoms with Gasteiger partial charge in [-0.3, -0.25) is 0 Å². The molecule has 1 aromatic rings. The molecule has 0 amide bonds. The van der Waals surface area contributed by atoms with Gasteiger partial charge in [0.2, 0.25) is 0 Å². The summed E-state index contributed by atoms with van der Waals surface area (Å²) in [6, 6.07) is 3.91. The number of halogens is 1. The maximum atomic E-state index is 5.05. The topological polar surface area (TPSA) is 34.1 Å². The standard InChI is InChI=1S/C10H15BrN2O/c1-8(7-14-2)6-13-9-4-3-5-12-10(9)11/h3-5,8,13H,6-7H2,1-2H3. The highest BCUT2D eigenvalue weighted by Crippen LogP contribution is 2.18. The summed E-state index contributed by atoms with van der Waals surface area (Å²) >= 11 is 3.38. The monoisotopic (exact) mass is 258 g/mol. The SMILES string of the molecule is COCC(C)CNc1cccnc1Br. The molecule has 0 saturated carbocycles. The number of nitrogens with one attached hydrogen (secondary N) is 1. The molecule has 1 rings (SSSR count). The quantitative estimate of drug-likeness (QED) is 0.825. The predicted molar refractivity (Wildman–Crippen MR) is 61.5 cm³/mol. The van der Waals surface area contributed by atoms with Crippen LogP contribution in [0.5, 0.6) is 0 Å². The summed E-state index contributed by atoms with van der Waals surface area (Å²) in [4.78, 5) is 4.13. The molecule has 1 atom stereocenters. The second-order valence-corrected chi connectivity index (χ2v) is 4.03. The fraction of sp³-hybridized carbons (Fsp3) is 0.500. The molecule has 0 aromatic carbocycles. The van der Waals surface area contributed by atoms with Gasteiger partial charge in [-0.1, -0.05) is 6.92 Å². The summed E-state index contributed by atoms with van der Waals surface area (Å²) in [6.07, 6.45) is 1.76. The average molecular weight is 259 g/mol. The molecule has 0 spiro atoms. The van der Waals surface area contributed by atoms with Gasteiger partial charge in [0.25, 0.3) is 0 Å². The van der Waals surface area contributed by atoms with Gasteiger partial charge in [0.1, 0.15) is 4.60 Å². The van der Waals surface area contributed by atoms with Crippen molar-refractivity contribution in [1.29, 1.82) is 0 Å². The van der Waals surface area contributed by atoms with Crippen LogP contribution in [-0.4, -0.2) is 25.2 Å². The number of aromatic nitrogens is 1. The van der Waals surface area contributed by atoms with Crippen molar-refractivity contribution in [2.24, 2.45) is 5.92 Å². The summed E-state index contributed by atoms with van der Waals surface area (Å²) in [5, 5.41) is 3.31. The molecule has 0 aliphatic rings. The summed E-state index contributed by atoms with van der Waals surface area (Å²) < 4.78 is 5.91. The number of hydrogen-bond donors (Lipinski definition) is 1. The lowest BCUT2D eigenvalue weighted by Gasteiger charge is -2.12. The third-order valence-corrected chi connectivity index (χ3v) is 2.48. The molecular weight excluding hydrogens is 244 g/mol. The normalized spacial score (nSPS) is 12.5. The molecule has 0 radical (unpaired) electrons. The van der Waals surface area contributed by atoms with Crippen LogP contribution in [0.15, 0.2) is 22.9 Å². The largest absolute Gasteiger partial charge is 0.384 e. The van der Waals surface area contributed by atoms with E-state index in [0.717, 1.165) is 23.4 Å². The number of hydrogen-bond acceptors (Lipinski definition) is 3. The minimum Gasteiger partial charge on any atom is -0.384 e. The summed E-state index contributed by atoms with van der Waals surface area (Å²) in [5.41, 5.74) is 1.02. The van der Waals surface area contributed by atoms with Crippen LogP contribution in [0.3, 0.4) is 0 Å². The van der Waals surface area contributed by atoms with Crippen LogP contribution in [-0.2, 0) is 4.74 Å². The van der Waals surface area contributed by atoms with Crippen LogP contribution in [0.2, 0.25) is 0 Å². The molecular formula is C10H15BrN2O. The molecule has 1 N–H and O–H groups in total. The van der Waals surface area contributed by atoms with Crippen LogP contribution in [0, 0.1) is 5.92 Å². The average Bonchev–Trinajstić information content (AvgIpc) is 2.17. The Balaban J connectivity index is 2.41. The van der Waals surface area contributed by atoms with Gasteiger partial charge in [0, 0.05) is 19.9 Å². The minimum atomic E-state index is 0.493. The molecule has 0 fully saturated rings. The van der Waals surface area contributed by atoms with E-state index in [0.29, 0.717) is 5.92 Å². The van der Waals surface area contributed by atoms with E-state index in [-0.39, 0.29) is 0 Å². The van der Waals surface area contributed by atoms with E-state index in [1.165, 1.54) is 0 Å². The Morgan fingerprint density at radius 3 is 3.07 bits per heavy atom. The number of nitrogens with zero attached hydrogens (tertiary/aromatic N) is 1. The molecule has 78 valence electrons. The molecule has 0 aliphatic heterocycles. The van der Waals surface area contributed by atoms with Crippen molar-refractivity contribution in [1.82, 2.24) is 4.98 Å². The third kappa shape index (κ3) is 3.64. The van der Waals surface area contributed by atoms with E-state index in [1.807, 2.05) is 12.1 Å². The lowest BCUT2D eigenvalue weighted by atomic mass is 10.2. The molecule has 3 nitrogen and oxygen atoms in total. The molecule has 0 bridgehead atoms. The maximum Gasteiger partial charge on any atom is 0.129 e. The number of rotatable bonds is 5. The van der Waals surface area contributed by atoms with Crippen molar-refractivity contribution >= 4 is 21.6 Å². The lowest BCUT2D eigenvalue weighted by molar-refractivity contribution is 0.164. The molecule has 0 aliphatic carbocycles. The maximum absolute atomic E-state index is 5.05. The van der Waals surface area contributed by atoms with Crippen LogP contribution in [0.4, 0.5) is 5.69 Å². The highest BCUT2D eigenvalue weighted by atomic mass is 79.9. The van der Waals surface area contributed by atoms with E-state index >= 15 is 0 Å². The van der Waals surface area contributed by atoms with Gasteiger partial charge in [0.15, 0.2) is 0 Å². The smallest absolute Gasteiger partial charge is 0.129 e. The van der Waals surface area contributed by atoms with E-state index in [2.05, 4.69) is 33.2 Å². The van der Waals surface area contributed by atoms with Gasteiger partial charge in [-0.25, -0.2) is 4.98 Å². The zero-order valence-electron chi connectivity index (χ0n) is 8.46. The lowest BCUT2D eigenvalue weighted by Crippen LogP contribution is -2.16. The molecule has 14 heavy (non-hydrogen) atoms. The van der Waals surface area contributed by atoms with Crippen LogP contribution >= 0.6 is 15.9 Å². The molecule has 0 saturated heterocycles. The molecule has 1 heterocycles. The number of anilines is 1. The van der Waals surface area contributed by atoms with Crippen LogP contribution in [0.1, 0.15) is 6.92 Å². The number of ether oxygens (including phenoxy) is 1. The Hall–Kier alpha value is -0.610. The summed E-state index contributed by atoms with van der Waals surface area (Å²) in [6.45, 7) is 3.80. The van der Waals surface area contributed by atoms with E-state index in [9.17, 15) is 0 Å². The van der Waals surface area contributed by atoms with Crippen molar-refractivity contribution in [3.05, 3.63) is 22.9 Å². The van der Waals surface area contributed by atoms with Crippen molar-refractivity contribution in [2.45, 2.75) is 6.92 Å². The van der Waals surface area contributed by atoms with E-state index < -0.39 is 0 Å². The molecule has 4 heteroatoms. The van der Waals surface area contributed by atoms with Gasteiger partial charge in [0.05, 0.1) is 12.3 Å². The zero-order valence-corrected chi connectivity index (χ0v) is 10.0. The second-order valence-electron chi connectivity index (χ2n) is 3.28. The first-order chi connectivity index (χ1) is 6.74. The summed E-state index contributed by atoms with van der Waals surface area (Å²) in [7, 11) is 1.72. The first-order valence-corrected chi connectivity index (χ1v) is 5.36. The Labute approximate surface area is 93.0 Å². The van der Waals surface area contributed by atoms with Gasteiger partial charge >= 0.3 is 0 Å². The first-order valence-electron chi connectivity index (χ1n) is 4.57. The Morgan fingerprint density at radius 1 is 1.64 bits per heavy atom. The fourth-order valence-corrected chi connectivity index (χ4v) is 1.54.